The van der Waals surface area contributed by atoms with Gasteiger partial charge in [0, 0.05) is 22.6 Å². The van der Waals surface area contributed by atoms with Crippen LogP contribution in [0.25, 0.3) is 0 Å². The van der Waals surface area contributed by atoms with Crippen LogP contribution in [0.2, 0.25) is 0 Å². The molecule has 4 nitrogen and oxygen atoms in total. The third-order valence-electron chi connectivity index (χ3n) is 5.87. The third-order valence-corrected chi connectivity index (χ3v) is 12.7. The van der Waals surface area contributed by atoms with Crippen molar-refractivity contribution in [3.63, 3.8) is 0 Å². The highest BCUT2D eigenvalue weighted by molar-refractivity contribution is 7.73. The van der Waals surface area contributed by atoms with Crippen molar-refractivity contribution in [2.24, 2.45) is 0 Å². The molecule has 0 spiro atoms. The Kier molecular flexibility index (Phi) is 5.39. The zero-order valence-corrected chi connectivity index (χ0v) is 16.4. The lowest BCUT2D eigenvalue weighted by Crippen LogP contribution is -2.30. The lowest BCUT2D eigenvalue weighted by atomic mass is 10.1. The van der Waals surface area contributed by atoms with Crippen LogP contribution in [0.15, 0.2) is 24.3 Å². The molecule has 6 heteroatoms. The van der Waals surface area contributed by atoms with Crippen molar-refractivity contribution in [3.05, 3.63) is 24.3 Å². The standard InChI is InChI=1S/C18H28O4P2/c1-9-15(19)16(20)10(2)23(9)13-7-5-6-8-14(13)24-11(3)17(21)18(22)12(24)4/h5-12,15-22H,1-4H3/t9-,10-,11-,12-,15+,16+,17+,18+/m1/s1. The summed E-state index contributed by atoms with van der Waals surface area (Å²) in [5, 5.41) is 43.7. The predicted molar refractivity (Wildman–Crippen MR) is 101 cm³/mol. The molecule has 1 aromatic carbocycles. The molecule has 2 aliphatic rings. The first-order chi connectivity index (χ1) is 11.3. The molecule has 0 aromatic heterocycles. The number of hydrogen-bond donors (Lipinski definition) is 4. The van der Waals surface area contributed by atoms with Crippen LogP contribution in [0, 0.1) is 0 Å². The van der Waals surface area contributed by atoms with E-state index in [0.29, 0.717) is 0 Å². The number of hydrogen-bond acceptors (Lipinski definition) is 4. The highest BCUT2D eigenvalue weighted by Crippen LogP contribution is 2.59. The number of aliphatic hydroxyl groups excluding tert-OH is 4. The summed E-state index contributed by atoms with van der Waals surface area (Å²) in [6.45, 7) is 8.10. The average molecular weight is 370 g/mol. The van der Waals surface area contributed by atoms with Crippen molar-refractivity contribution in [2.75, 3.05) is 0 Å². The average Bonchev–Trinajstić information content (AvgIpc) is 2.88. The van der Waals surface area contributed by atoms with E-state index in [1.807, 2.05) is 39.8 Å². The Labute approximate surface area is 146 Å². The molecule has 2 heterocycles. The van der Waals surface area contributed by atoms with Gasteiger partial charge in [-0.1, -0.05) is 67.8 Å². The Morgan fingerprint density at radius 2 is 0.833 bits per heavy atom. The fraction of sp³-hybridized carbons (Fsp3) is 0.667. The second-order valence-corrected chi connectivity index (χ2v) is 13.1. The van der Waals surface area contributed by atoms with Crippen LogP contribution in [0.4, 0.5) is 0 Å². The molecule has 0 saturated carbocycles. The minimum Gasteiger partial charge on any atom is -0.390 e. The molecule has 0 unspecified atom stereocenters. The highest BCUT2D eigenvalue weighted by atomic mass is 31.1. The summed E-state index contributed by atoms with van der Waals surface area (Å²) in [6, 6.07) is 8.28. The largest absolute Gasteiger partial charge is 0.390 e. The smallest absolute Gasteiger partial charge is 0.0872 e. The van der Waals surface area contributed by atoms with Crippen LogP contribution in [0.3, 0.4) is 0 Å². The van der Waals surface area contributed by atoms with Gasteiger partial charge in [-0.3, -0.25) is 0 Å². The Morgan fingerprint density at radius 1 is 0.583 bits per heavy atom. The molecule has 0 aliphatic carbocycles. The van der Waals surface area contributed by atoms with Crippen LogP contribution in [-0.4, -0.2) is 67.5 Å². The van der Waals surface area contributed by atoms with E-state index in [9.17, 15) is 20.4 Å². The van der Waals surface area contributed by atoms with Crippen molar-refractivity contribution < 1.29 is 20.4 Å². The van der Waals surface area contributed by atoms with E-state index in [-0.39, 0.29) is 22.6 Å². The van der Waals surface area contributed by atoms with Gasteiger partial charge in [0.1, 0.15) is 0 Å². The second-order valence-electron chi connectivity index (χ2n) is 7.23. The summed E-state index contributed by atoms with van der Waals surface area (Å²) in [7, 11) is -1.38. The van der Waals surface area contributed by atoms with Gasteiger partial charge in [-0.25, -0.2) is 0 Å². The summed E-state index contributed by atoms with van der Waals surface area (Å²) in [6.07, 6.45) is -2.72. The van der Waals surface area contributed by atoms with Crippen LogP contribution in [0.1, 0.15) is 27.7 Å². The Hall–Kier alpha value is -0.0800. The number of aliphatic hydroxyl groups is 4. The van der Waals surface area contributed by atoms with E-state index in [1.54, 1.807) is 0 Å². The van der Waals surface area contributed by atoms with E-state index >= 15 is 0 Å². The van der Waals surface area contributed by atoms with Gasteiger partial charge in [0.2, 0.25) is 0 Å². The van der Waals surface area contributed by atoms with Crippen molar-refractivity contribution >= 4 is 26.5 Å². The lowest BCUT2D eigenvalue weighted by molar-refractivity contribution is 0.0327. The zero-order chi connectivity index (χ0) is 17.8. The van der Waals surface area contributed by atoms with E-state index in [1.165, 1.54) is 10.6 Å². The molecule has 4 N–H and O–H groups in total. The minimum absolute atomic E-state index is 0.0456. The van der Waals surface area contributed by atoms with Crippen LogP contribution in [0.5, 0.6) is 0 Å². The zero-order valence-electron chi connectivity index (χ0n) is 14.6. The molecular weight excluding hydrogens is 342 g/mol. The van der Waals surface area contributed by atoms with Gasteiger partial charge in [0.05, 0.1) is 24.4 Å². The normalized spacial score (nSPS) is 48.8. The second kappa shape index (κ2) is 6.91. The van der Waals surface area contributed by atoms with Gasteiger partial charge >= 0.3 is 0 Å². The Morgan fingerprint density at radius 3 is 1.08 bits per heavy atom. The molecule has 2 aliphatic heterocycles. The molecule has 134 valence electrons. The fourth-order valence-corrected chi connectivity index (χ4v) is 11.5. The third kappa shape index (κ3) is 2.76. The van der Waals surface area contributed by atoms with Gasteiger partial charge in [-0.2, -0.15) is 0 Å². The van der Waals surface area contributed by atoms with Gasteiger partial charge in [-0.05, 0) is 10.6 Å². The summed E-state index contributed by atoms with van der Waals surface area (Å²) >= 11 is 0. The maximum absolute atomic E-state index is 10.3. The summed E-state index contributed by atoms with van der Waals surface area (Å²) < 4.78 is 0. The first kappa shape index (κ1) is 18.7. The topological polar surface area (TPSA) is 80.9 Å². The molecule has 0 amide bonds. The highest BCUT2D eigenvalue weighted by Gasteiger charge is 2.49. The van der Waals surface area contributed by atoms with Gasteiger partial charge in [0.15, 0.2) is 0 Å². The Balaban J connectivity index is 2.04. The first-order valence-corrected chi connectivity index (χ1v) is 11.6. The minimum atomic E-state index is -0.692. The number of benzene rings is 1. The molecule has 1 aromatic rings. The molecule has 2 fully saturated rings. The first-order valence-electron chi connectivity index (χ1n) is 8.65. The van der Waals surface area contributed by atoms with Gasteiger partial charge < -0.3 is 20.4 Å². The maximum atomic E-state index is 10.3. The van der Waals surface area contributed by atoms with E-state index in [4.69, 9.17) is 0 Å². The van der Waals surface area contributed by atoms with Gasteiger partial charge in [0.25, 0.3) is 0 Å². The monoisotopic (exact) mass is 370 g/mol. The molecular formula is C18H28O4P2. The van der Waals surface area contributed by atoms with Crippen molar-refractivity contribution in [2.45, 2.75) is 74.7 Å². The van der Waals surface area contributed by atoms with Crippen LogP contribution < -0.4 is 10.6 Å². The van der Waals surface area contributed by atoms with Crippen LogP contribution >= 0.6 is 15.8 Å². The SMILES string of the molecule is C[C@@H]1[C@H](O)[C@@H](O)[C@@H](C)P1c1ccccc1P1[C@H](C)[C@H](O)[C@@H](O)[C@H]1C. The molecule has 8 atom stereocenters. The maximum Gasteiger partial charge on any atom is 0.0872 e. The van der Waals surface area contributed by atoms with Gasteiger partial charge in [-0.15, -0.1) is 0 Å². The molecule has 0 radical (unpaired) electrons. The van der Waals surface area contributed by atoms with E-state index in [2.05, 4.69) is 12.1 Å². The summed E-state index contributed by atoms with van der Waals surface area (Å²) in [5.41, 5.74) is 0.182. The number of rotatable bonds is 2. The van der Waals surface area contributed by atoms with Crippen molar-refractivity contribution in [1.82, 2.24) is 0 Å². The molecule has 24 heavy (non-hydrogen) atoms. The quantitative estimate of drug-likeness (QED) is 0.584. The Bertz CT molecular complexity index is 519. The van der Waals surface area contributed by atoms with E-state index in [0.717, 1.165) is 0 Å². The lowest BCUT2D eigenvalue weighted by Gasteiger charge is -2.30. The molecule has 2 saturated heterocycles. The summed E-state index contributed by atoms with van der Waals surface area (Å²) in [4.78, 5) is 0. The predicted octanol–water partition coefficient (Wildman–Crippen LogP) is 0.926. The molecule has 3 rings (SSSR count). The fourth-order valence-electron chi connectivity index (χ4n) is 4.32. The van der Waals surface area contributed by atoms with Crippen molar-refractivity contribution in [3.8, 4) is 0 Å². The van der Waals surface area contributed by atoms with Crippen LogP contribution in [-0.2, 0) is 0 Å². The molecule has 0 bridgehead atoms. The van der Waals surface area contributed by atoms with E-state index < -0.39 is 40.3 Å². The van der Waals surface area contributed by atoms with Crippen molar-refractivity contribution in [1.29, 1.82) is 0 Å². The summed E-state index contributed by atoms with van der Waals surface area (Å²) in [5.74, 6) is 0.